The number of anilines is 1. The van der Waals surface area contributed by atoms with Gasteiger partial charge in [0.1, 0.15) is 17.2 Å². The Balaban J connectivity index is 1.26. The SMILES string of the molecule is COc1ccc(OC)c(-c2cc(C(=O)N3CCc4nc(NC(=O)NC5CCCC5)sc4C3)[nH]n2)c1. The van der Waals surface area contributed by atoms with Gasteiger partial charge in [-0.25, -0.2) is 9.78 Å². The topological polar surface area (TPSA) is 121 Å². The highest BCUT2D eigenvalue weighted by Crippen LogP contribution is 2.33. The minimum Gasteiger partial charge on any atom is -0.497 e. The highest BCUT2D eigenvalue weighted by atomic mass is 32.1. The molecule has 0 unspecified atom stereocenters. The van der Waals surface area contributed by atoms with Gasteiger partial charge in [-0.15, -0.1) is 0 Å². The average molecular weight is 497 g/mol. The van der Waals surface area contributed by atoms with Crippen molar-refractivity contribution in [2.75, 3.05) is 26.1 Å². The number of nitrogens with one attached hydrogen (secondary N) is 3. The third-order valence-corrected chi connectivity index (χ3v) is 7.42. The summed E-state index contributed by atoms with van der Waals surface area (Å²) in [7, 11) is 3.18. The minimum atomic E-state index is -0.214. The number of carbonyl (C=O) groups excluding carboxylic acids is 2. The van der Waals surface area contributed by atoms with Gasteiger partial charge in [0, 0.05) is 29.4 Å². The van der Waals surface area contributed by atoms with Crippen molar-refractivity contribution in [3.63, 3.8) is 0 Å². The van der Waals surface area contributed by atoms with Crippen molar-refractivity contribution >= 4 is 28.4 Å². The van der Waals surface area contributed by atoms with Crippen molar-refractivity contribution < 1.29 is 19.1 Å². The van der Waals surface area contributed by atoms with Crippen molar-refractivity contribution in [3.05, 3.63) is 40.5 Å². The molecule has 3 amide bonds. The van der Waals surface area contributed by atoms with Crippen molar-refractivity contribution in [1.82, 2.24) is 25.4 Å². The molecule has 5 rings (SSSR count). The molecule has 1 aliphatic carbocycles. The first-order valence-electron chi connectivity index (χ1n) is 11.7. The fourth-order valence-electron chi connectivity index (χ4n) is 4.56. The predicted octanol–water partition coefficient (Wildman–Crippen LogP) is 3.81. The molecule has 1 aliphatic heterocycles. The van der Waals surface area contributed by atoms with Crippen LogP contribution in [0.15, 0.2) is 24.3 Å². The van der Waals surface area contributed by atoms with E-state index in [9.17, 15) is 9.59 Å². The first-order valence-corrected chi connectivity index (χ1v) is 12.5. The number of carbonyl (C=O) groups is 2. The van der Waals surface area contributed by atoms with Crippen LogP contribution in [0.1, 0.15) is 46.7 Å². The highest BCUT2D eigenvalue weighted by molar-refractivity contribution is 7.15. The van der Waals surface area contributed by atoms with Gasteiger partial charge < -0.3 is 19.7 Å². The van der Waals surface area contributed by atoms with Crippen LogP contribution in [-0.4, -0.2) is 58.8 Å². The number of hydrogen-bond donors (Lipinski definition) is 3. The maximum absolute atomic E-state index is 13.2. The Morgan fingerprint density at radius 2 is 2.00 bits per heavy atom. The maximum Gasteiger partial charge on any atom is 0.321 e. The number of fused-ring (bicyclic) bond motifs is 1. The minimum absolute atomic E-state index is 0.141. The molecule has 0 spiro atoms. The lowest BCUT2D eigenvalue weighted by molar-refractivity contribution is 0.0730. The molecule has 1 saturated carbocycles. The number of aromatic amines is 1. The third-order valence-electron chi connectivity index (χ3n) is 6.42. The fourth-order valence-corrected chi connectivity index (χ4v) is 5.58. The van der Waals surface area contributed by atoms with E-state index in [0.717, 1.165) is 41.8 Å². The summed E-state index contributed by atoms with van der Waals surface area (Å²) in [6.45, 7) is 0.981. The fraction of sp³-hybridized carbons (Fsp3) is 0.417. The zero-order valence-electron chi connectivity index (χ0n) is 19.7. The molecule has 0 atom stereocenters. The molecule has 35 heavy (non-hydrogen) atoms. The molecule has 2 aliphatic rings. The van der Waals surface area contributed by atoms with Gasteiger partial charge in [0.15, 0.2) is 5.13 Å². The standard InChI is InChI=1S/C24H28N6O4S/c1-33-15-7-8-20(34-2)16(11-15)18-12-19(29-28-18)22(31)30-10-9-17-21(13-30)35-24(26-17)27-23(32)25-14-5-3-4-6-14/h7-8,11-12,14H,3-6,9-10,13H2,1-2H3,(H,28,29)(H2,25,26,27,32). The quantitative estimate of drug-likeness (QED) is 0.477. The second kappa shape index (κ2) is 9.95. The van der Waals surface area contributed by atoms with E-state index in [1.165, 1.54) is 11.3 Å². The molecule has 184 valence electrons. The highest BCUT2D eigenvalue weighted by Gasteiger charge is 2.27. The van der Waals surface area contributed by atoms with E-state index in [0.29, 0.717) is 47.5 Å². The zero-order chi connectivity index (χ0) is 24.4. The number of nitrogens with zero attached hydrogens (tertiary/aromatic N) is 3. The Bertz CT molecular complexity index is 1230. The van der Waals surface area contributed by atoms with Crippen LogP contribution in [-0.2, 0) is 13.0 Å². The Kier molecular flexibility index (Phi) is 6.58. The Morgan fingerprint density at radius 1 is 1.17 bits per heavy atom. The maximum atomic E-state index is 13.2. The van der Waals surface area contributed by atoms with E-state index in [1.54, 1.807) is 31.3 Å². The largest absolute Gasteiger partial charge is 0.497 e. The van der Waals surface area contributed by atoms with E-state index in [2.05, 4.69) is 25.8 Å². The van der Waals surface area contributed by atoms with Crippen LogP contribution >= 0.6 is 11.3 Å². The smallest absolute Gasteiger partial charge is 0.321 e. The summed E-state index contributed by atoms with van der Waals surface area (Å²) >= 11 is 1.42. The van der Waals surface area contributed by atoms with Crippen molar-refractivity contribution in [2.24, 2.45) is 0 Å². The molecule has 3 heterocycles. The van der Waals surface area contributed by atoms with Gasteiger partial charge in [0.25, 0.3) is 5.91 Å². The second-order valence-corrected chi connectivity index (χ2v) is 9.76. The van der Waals surface area contributed by atoms with E-state index in [1.807, 2.05) is 12.1 Å². The molecule has 0 radical (unpaired) electrons. The van der Waals surface area contributed by atoms with Crippen molar-refractivity contribution in [3.8, 4) is 22.8 Å². The molecule has 1 aromatic carbocycles. The monoisotopic (exact) mass is 496 g/mol. The summed E-state index contributed by atoms with van der Waals surface area (Å²) < 4.78 is 10.8. The normalized spacial score (nSPS) is 15.5. The third kappa shape index (κ3) is 4.95. The Labute approximate surface area is 207 Å². The first-order chi connectivity index (χ1) is 17.0. The summed E-state index contributed by atoms with van der Waals surface area (Å²) in [5.41, 5.74) is 2.66. The van der Waals surface area contributed by atoms with Gasteiger partial charge in [-0.3, -0.25) is 15.2 Å². The van der Waals surface area contributed by atoms with Crippen LogP contribution in [0, 0.1) is 0 Å². The van der Waals surface area contributed by atoms with Crippen LogP contribution in [0.4, 0.5) is 9.93 Å². The van der Waals surface area contributed by atoms with Crippen LogP contribution in [0.5, 0.6) is 11.5 Å². The molecular weight excluding hydrogens is 468 g/mol. The number of hydrogen-bond acceptors (Lipinski definition) is 7. The molecule has 10 nitrogen and oxygen atoms in total. The zero-order valence-corrected chi connectivity index (χ0v) is 20.5. The van der Waals surface area contributed by atoms with Gasteiger partial charge in [0.2, 0.25) is 0 Å². The predicted molar refractivity (Wildman–Crippen MR) is 132 cm³/mol. The van der Waals surface area contributed by atoms with Gasteiger partial charge >= 0.3 is 6.03 Å². The summed E-state index contributed by atoms with van der Waals surface area (Å²) in [4.78, 5) is 32.8. The molecule has 1 fully saturated rings. The van der Waals surface area contributed by atoms with Gasteiger partial charge in [-0.2, -0.15) is 5.10 Å². The van der Waals surface area contributed by atoms with Gasteiger partial charge in [-0.05, 0) is 37.1 Å². The average Bonchev–Trinajstić information content (AvgIpc) is 3.63. The molecule has 0 bridgehead atoms. The number of urea groups is 1. The number of rotatable bonds is 6. The van der Waals surface area contributed by atoms with Gasteiger partial charge in [-0.1, -0.05) is 24.2 Å². The lowest BCUT2D eigenvalue weighted by Crippen LogP contribution is -2.36. The molecular formula is C24H28N6O4S. The van der Waals surface area contributed by atoms with Crippen molar-refractivity contribution in [1.29, 1.82) is 0 Å². The molecule has 3 N–H and O–H groups in total. The summed E-state index contributed by atoms with van der Waals surface area (Å²) in [5.74, 6) is 1.17. The van der Waals surface area contributed by atoms with Gasteiger partial charge in [0.05, 0.1) is 32.2 Å². The van der Waals surface area contributed by atoms with E-state index < -0.39 is 0 Å². The number of ether oxygens (including phenoxy) is 2. The molecule has 2 aromatic heterocycles. The number of thiazole rings is 1. The first kappa shape index (κ1) is 23.2. The van der Waals surface area contributed by atoms with Crippen LogP contribution in [0.3, 0.4) is 0 Å². The second-order valence-electron chi connectivity index (χ2n) is 8.68. The molecule has 3 aromatic rings. The van der Waals surface area contributed by atoms with Crippen LogP contribution in [0.2, 0.25) is 0 Å². The molecule has 0 saturated heterocycles. The lowest BCUT2D eigenvalue weighted by atomic mass is 10.1. The van der Waals surface area contributed by atoms with E-state index in [-0.39, 0.29) is 18.0 Å². The summed E-state index contributed by atoms with van der Waals surface area (Å²) in [6, 6.07) is 7.19. The number of amides is 3. The number of methoxy groups -OCH3 is 2. The number of benzene rings is 1. The van der Waals surface area contributed by atoms with Crippen LogP contribution in [0.25, 0.3) is 11.3 Å². The number of H-pyrrole nitrogens is 1. The Hall–Kier alpha value is -3.60. The van der Waals surface area contributed by atoms with Crippen molar-refractivity contribution in [2.45, 2.75) is 44.7 Å². The number of aromatic nitrogens is 3. The van der Waals surface area contributed by atoms with E-state index in [4.69, 9.17) is 9.47 Å². The summed E-state index contributed by atoms with van der Waals surface area (Å²) in [5, 5.41) is 13.6. The van der Waals surface area contributed by atoms with Crippen LogP contribution < -0.4 is 20.1 Å². The lowest BCUT2D eigenvalue weighted by Gasteiger charge is -2.25. The summed E-state index contributed by atoms with van der Waals surface area (Å²) in [6.07, 6.45) is 5.00. The Morgan fingerprint density at radius 3 is 2.77 bits per heavy atom. The molecule has 11 heteroatoms. The van der Waals surface area contributed by atoms with E-state index >= 15 is 0 Å².